The van der Waals surface area contributed by atoms with Crippen molar-refractivity contribution in [1.82, 2.24) is 70.0 Å². The highest BCUT2D eigenvalue weighted by molar-refractivity contribution is 7.90. The quantitative estimate of drug-likeness (QED) is 0.00605. The van der Waals surface area contributed by atoms with Crippen LogP contribution in [-0.4, -0.2) is 192 Å². The molecule has 3 aromatic carbocycles. The van der Waals surface area contributed by atoms with Gasteiger partial charge in [0.2, 0.25) is 53.3 Å². The first-order chi connectivity index (χ1) is 56.4. The zero-order chi connectivity index (χ0) is 89.9. The molecule has 0 fully saturated rings. The van der Waals surface area contributed by atoms with Gasteiger partial charge in [-0.3, -0.25) is 78.1 Å². The van der Waals surface area contributed by atoms with Crippen LogP contribution in [0.1, 0.15) is 197 Å². The van der Waals surface area contributed by atoms with E-state index in [0.29, 0.717) is 58.9 Å². The van der Waals surface area contributed by atoms with E-state index in [1.54, 1.807) is 137 Å². The Bertz CT molecular complexity index is 5320. The number of fused-ring (bicyclic) bond motifs is 3. The van der Waals surface area contributed by atoms with E-state index >= 15 is 0 Å². The maximum Gasteiger partial charge on any atom is 0.308 e. The van der Waals surface area contributed by atoms with Gasteiger partial charge in [-0.15, -0.1) is 0 Å². The molecule has 121 heavy (non-hydrogen) atoms. The number of imidazole rings is 2. The van der Waals surface area contributed by atoms with E-state index in [0.717, 1.165) is 5.56 Å². The van der Waals surface area contributed by atoms with Crippen molar-refractivity contribution in [2.45, 2.75) is 235 Å². The summed E-state index contributed by atoms with van der Waals surface area (Å²) < 4.78 is 72.4. The number of hydrogen-bond donors (Lipinski definition) is 12. The van der Waals surface area contributed by atoms with E-state index in [4.69, 9.17) is 61.0 Å². The van der Waals surface area contributed by atoms with Crippen molar-refractivity contribution in [3.8, 4) is 17.2 Å². The molecule has 15 N–H and O–H groups in total. The van der Waals surface area contributed by atoms with Crippen LogP contribution in [-0.2, 0) is 90.4 Å². The van der Waals surface area contributed by atoms with E-state index < -0.39 is 153 Å². The smallest absolute Gasteiger partial charge is 0.308 e. The van der Waals surface area contributed by atoms with Gasteiger partial charge in [0.25, 0.3) is 21.8 Å². The number of hydrogen-bond acceptors (Lipinski definition) is 25. The molecule has 8 amide bonds. The first kappa shape index (κ1) is 94.0. The highest BCUT2D eigenvalue weighted by atomic mass is 32.2. The lowest BCUT2D eigenvalue weighted by Gasteiger charge is -2.26. The fourth-order valence-corrected chi connectivity index (χ4v) is 15.0. The molecule has 40 heteroatoms. The molecule has 0 aliphatic carbocycles. The highest BCUT2D eigenvalue weighted by Gasteiger charge is 2.39. The van der Waals surface area contributed by atoms with Gasteiger partial charge in [-0.1, -0.05) is 12.2 Å². The summed E-state index contributed by atoms with van der Waals surface area (Å²) in [6.07, 6.45) is 1.78. The summed E-state index contributed by atoms with van der Waals surface area (Å²) in [7, 11) is -3.01. The number of esters is 3. The average molecular weight is 1700 g/mol. The SMILES string of the molecule is CCn1nc(C)cc1C(=O)Nc1nc2cc(C(N)=O)cc(OC)c2n1C/C=C/Cn1c(NC(=O)c2cc(C)nn2CC)nc2cc(C(N)=O)cc(OCC(CCCNC(=N)NS(=O)(=O)c3c(C)c(C)c4c(c3C)CC(C)(C)O4)CNC(=O)[C@H](CC(=O)OC(C)(C)C)NC(=O)[C@H](CC(=O)OC(C)(C)C)NC(=O)CNC(=O)[C@@H](N)CC(=O)OC(C)(C)C)c21. The van der Waals surface area contributed by atoms with Crippen LogP contribution in [0.4, 0.5) is 11.9 Å². The van der Waals surface area contributed by atoms with Crippen LogP contribution in [0.15, 0.2) is 53.4 Å². The van der Waals surface area contributed by atoms with Crippen molar-refractivity contribution in [2.75, 3.05) is 44.0 Å². The number of carbonyl (C=O) groups excluding carboxylic acids is 11. The van der Waals surface area contributed by atoms with Gasteiger partial charge in [-0.05, 0) is 191 Å². The molecule has 39 nitrogen and oxygen atoms in total. The van der Waals surface area contributed by atoms with Gasteiger partial charge >= 0.3 is 17.9 Å². The number of aromatic nitrogens is 8. The molecule has 1 unspecified atom stereocenters. The van der Waals surface area contributed by atoms with Crippen LogP contribution < -0.4 is 73.4 Å². The Morgan fingerprint density at radius 2 is 1.11 bits per heavy atom. The molecule has 5 heterocycles. The Hall–Kier alpha value is -12.5. The Labute approximate surface area is 700 Å². The van der Waals surface area contributed by atoms with Crippen molar-refractivity contribution in [2.24, 2.45) is 23.1 Å². The monoisotopic (exact) mass is 1700 g/mol. The average Bonchev–Trinajstić information content (AvgIpc) is 1.68. The first-order valence-corrected chi connectivity index (χ1v) is 40.8. The molecule has 4 aromatic heterocycles. The minimum atomic E-state index is -4.40. The molecular weight excluding hydrogens is 1590 g/mol. The number of nitrogens with two attached hydrogens (primary N) is 3. The molecule has 0 saturated heterocycles. The molecule has 0 radical (unpaired) electrons. The molecule has 656 valence electrons. The second-order valence-corrected chi connectivity index (χ2v) is 34.6. The number of nitrogens with one attached hydrogen (secondary N) is 9. The summed E-state index contributed by atoms with van der Waals surface area (Å²) >= 11 is 0. The van der Waals surface area contributed by atoms with E-state index in [2.05, 4.69) is 52.1 Å². The Kier molecular flexibility index (Phi) is 30.1. The molecule has 0 bridgehead atoms. The van der Waals surface area contributed by atoms with Crippen molar-refractivity contribution in [3.05, 3.63) is 105 Å². The van der Waals surface area contributed by atoms with E-state index in [9.17, 15) is 61.2 Å². The number of methoxy groups -OCH3 is 1. The summed E-state index contributed by atoms with van der Waals surface area (Å²) in [6.45, 7) is 29.1. The van der Waals surface area contributed by atoms with Crippen LogP contribution in [0, 0.1) is 45.9 Å². The van der Waals surface area contributed by atoms with Gasteiger partial charge in [0.1, 0.15) is 74.2 Å². The number of aryl methyl sites for hydroxylation is 4. The number of anilines is 2. The Balaban J connectivity index is 1.16. The summed E-state index contributed by atoms with van der Waals surface area (Å²) in [4.78, 5) is 160. The van der Waals surface area contributed by atoms with Crippen molar-refractivity contribution < 1.29 is 89.6 Å². The fraction of sp³-hybridized carbons (Fsp3) is 0.506. The lowest BCUT2D eigenvalue weighted by atomic mass is 9.94. The van der Waals surface area contributed by atoms with Gasteiger partial charge in [-0.2, -0.15) is 10.2 Å². The lowest BCUT2D eigenvalue weighted by Crippen LogP contribution is -2.56. The molecule has 1 aliphatic rings. The highest BCUT2D eigenvalue weighted by Crippen LogP contribution is 2.44. The summed E-state index contributed by atoms with van der Waals surface area (Å²) in [5.74, 6) is -10.5. The zero-order valence-electron chi connectivity index (χ0n) is 71.8. The number of amides is 8. The molecule has 4 atom stereocenters. The van der Waals surface area contributed by atoms with Crippen LogP contribution in [0.5, 0.6) is 17.2 Å². The number of guanidine groups is 1. The number of sulfonamides is 1. The molecule has 0 saturated carbocycles. The van der Waals surface area contributed by atoms with Crippen molar-refractivity contribution in [1.29, 1.82) is 5.41 Å². The minimum absolute atomic E-state index is 0.00871. The number of nitrogens with zero attached hydrogens (tertiary/aromatic N) is 8. The van der Waals surface area contributed by atoms with E-state index in [1.165, 1.54) is 40.7 Å². The molecule has 0 spiro atoms. The number of carbonyl (C=O) groups is 11. The van der Waals surface area contributed by atoms with Gasteiger partial charge in [0.05, 0.1) is 72.9 Å². The third kappa shape index (κ3) is 25.1. The third-order valence-electron chi connectivity index (χ3n) is 18.8. The van der Waals surface area contributed by atoms with Gasteiger partial charge in [-0.25, -0.2) is 23.1 Å². The van der Waals surface area contributed by atoms with Crippen LogP contribution in [0.3, 0.4) is 0 Å². The topological polar surface area (TPSA) is 547 Å². The molecule has 8 rings (SSSR count). The maximum absolute atomic E-state index is 15.0. The van der Waals surface area contributed by atoms with Crippen molar-refractivity contribution >= 4 is 115 Å². The van der Waals surface area contributed by atoms with Gasteiger partial charge in [0.15, 0.2) is 0 Å². The molecular formula is C81H112N20O19S. The van der Waals surface area contributed by atoms with Crippen LogP contribution in [0.25, 0.3) is 22.1 Å². The number of ether oxygens (including phenoxy) is 6. The predicted molar refractivity (Wildman–Crippen MR) is 446 cm³/mol. The third-order valence-corrected chi connectivity index (χ3v) is 20.4. The second kappa shape index (κ2) is 38.7. The maximum atomic E-state index is 15.0. The van der Waals surface area contributed by atoms with Gasteiger partial charge in [0, 0.05) is 68.3 Å². The lowest BCUT2D eigenvalue weighted by molar-refractivity contribution is -0.158. The van der Waals surface area contributed by atoms with Crippen molar-refractivity contribution in [3.63, 3.8) is 0 Å². The van der Waals surface area contributed by atoms with Crippen LogP contribution >= 0.6 is 0 Å². The first-order valence-electron chi connectivity index (χ1n) is 39.3. The summed E-state index contributed by atoms with van der Waals surface area (Å²) in [5.41, 5.74) is 18.6. The van der Waals surface area contributed by atoms with Crippen LogP contribution in [0.2, 0.25) is 0 Å². The number of primary amides is 2. The van der Waals surface area contributed by atoms with E-state index in [1.807, 2.05) is 20.8 Å². The standard InChI is InChI=1S/C81H112N20O19S/c1-20-100-56(29-42(3)95-100)73(111)93-76-91-52-31-48(68(83)106)33-58(115-19)64(52)98(76)27-22-23-28-99-65-53(92-77(99)94-74(112)57-30-43(4)96-101(57)21-2)32-49(69(84)107)34-59(65)116-41-47(25-24-26-86-75(85)97-121(113,114)67-45(6)44(5)66-50(46(67)7)38-81(17,18)120-66)39-87-71(109)54(36-62(104)118-79(11,12)13)90-72(110)55(37-63(105)119-80(14,15)16)89-60(102)40-88-70(108)51(82)35-61(103)117-78(8,9)10/h22-23,29-34,47,51,54-55H,20-21,24-28,35-41,82H2,1-19H3,(H2,83,106)(H2,84,107)(H,87,109)(H,88,108)(H,89,102)(H,90,110)(H3,85,86,97)(H,91,93,111)(H,92,94,112)/b23-22+/t47?,51-,54-,55-/m0/s1. The second-order valence-electron chi connectivity index (χ2n) is 33.0. The molecule has 1 aliphatic heterocycles. The zero-order valence-corrected chi connectivity index (χ0v) is 72.6. The minimum Gasteiger partial charge on any atom is -0.494 e. The molecule has 7 aromatic rings. The number of allylic oxidation sites excluding steroid dienone is 2. The Morgan fingerprint density at radius 1 is 0.628 bits per heavy atom. The van der Waals surface area contributed by atoms with E-state index in [-0.39, 0.29) is 113 Å². The number of rotatable bonds is 37. The van der Waals surface area contributed by atoms with Gasteiger partial charge < -0.3 is 81.3 Å². The fourth-order valence-electron chi connectivity index (χ4n) is 13.5. The number of benzene rings is 3. The Morgan fingerprint density at radius 3 is 1.59 bits per heavy atom. The largest absolute Gasteiger partial charge is 0.494 e. The normalized spacial score (nSPS) is 13.7. The summed E-state index contributed by atoms with van der Waals surface area (Å²) in [5, 5.41) is 36.3. The summed E-state index contributed by atoms with van der Waals surface area (Å²) in [6, 6.07) is 3.68. The predicted octanol–water partition coefficient (Wildman–Crippen LogP) is 5.04.